The van der Waals surface area contributed by atoms with Crippen LogP contribution in [-0.4, -0.2) is 12.4 Å². The number of hydrogen-bond donors (Lipinski definition) is 1. The maximum atomic E-state index is 13.2. The zero-order valence-electron chi connectivity index (χ0n) is 9.98. The Morgan fingerprint density at radius 3 is 2.53 bits per heavy atom. The third kappa shape index (κ3) is 5.00. The highest BCUT2D eigenvalue weighted by molar-refractivity contribution is 6.18. The Labute approximate surface area is 106 Å². The van der Waals surface area contributed by atoms with Crippen molar-refractivity contribution >= 4 is 11.6 Å². The van der Waals surface area contributed by atoms with Gasteiger partial charge >= 0.3 is 0 Å². The molecule has 1 rings (SSSR count). The minimum Gasteiger partial charge on any atom is -0.312 e. The molecule has 1 nitrogen and oxygen atoms in total. The molecule has 0 radical (unpaired) electrons. The number of halogens is 3. The highest BCUT2D eigenvalue weighted by atomic mass is 35.5. The fourth-order valence-corrected chi connectivity index (χ4v) is 1.72. The first-order valence-corrected chi connectivity index (χ1v) is 6.38. The second-order valence-corrected chi connectivity index (χ2v) is 4.59. The predicted octanol–water partition coefficient (Wildman–Crippen LogP) is 3.71. The number of nitrogens with one attached hydrogen (secondary N) is 1. The van der Waals surface area contributed by atoms with Crippen LogP contribution >= 0.6 is 11.6 Å². The summed E-state index contributed by atoms with van der Waals surface area (Å²) in [6.45, 7) is 3.06. The normalized spacial score (nSPS) is 12.7. The molecule has 0 saturated carbocycles. The zero-order chi connectivity index (χ0) is 12.7. The summed E-state index contributed by atoms with van der Waals surface area (Å²) in [4.78, 5) is 0. The van der Waals surface area contributed by atoms with E-state index in [-0.39, 0.29) is 12.1 Å². The summed E-state index contributed by atoms with van der Waals surface area (Å²) in [7, 11) is 0. The molecule has 1 unspecified atom stereocenters. The second-order valence-electron chi connectivity index (χ2n) is 4.28. The number of benzene rings is 1. The van der Waals surface area contributed by atoms with Crippen molar-refractivity contribution in [3.8, 4) is 0 Å². The van der Waals surface area contributed by atoms with Crippen LogP contribution in [0.4, 0.5) is 8.78 Å². The van der Waals surface area contributed by atoms with Gasteiger partial charge in [0.05, 0.1) is 0 Å². The number of alkyl halides is 1. The molecule has 17 heavy (non-hydrogen) atoms. The summed E-state index contributed by atoms with van der Waals surface area (Å²) < 4.78 is 26.5. The molecule has 0 aliphatic carbocycles. The SMILES string of the molecule is CC(CCl)CCCNCc1c(F)cccc1F. The van der Waals surface area contributed by atoms with Gasteiger partial charge in [-0.1, -0.05) is 13.0 Å². The van der Waals surface area contributed by atoms with Crippen molar-refractivity contribution in [2.24, 2.45) is 5.92 Å². The van der Waals surface area contributed by atoms with Crippen LogP contribution in [0.1, 0.15) is 25.3 Å². The molecule has 0 fully saturated rings. The quantitative estimate of drug-likeness (QED) is 0.583. The summed E-state index contributed by atoms with van der Waals surface area (Å²) in [6, 6.07) is 3.92. The molecular weight excluding hydrogens is 244 g/mol. The maximum Gasteiger partial charge on any atom is 0.130 e. The van der Waals surface area contributed by atoms with E-state index in [1.54, 1.807) is 0 Å². The van der Waals surface area contributed by atoms with Gasteiger partial charge in [0.15, 0.2) is 0 Å². The lowest BCUT2D eigenvalue weighted by molar-refractivity contribution is 0.508. The highest BCUT2D eigenvalue weighted by Gasteiger charge is 2.07. The topological polar surface area (TPSA) is 12.0 Å². The molecule has 0 saturated heterocycles. The minimum atomic E-state index is -0.494. The van der Waals surface area contributed by atoms with E-state index in [0.29, 0.717) is 11.8 Å². The van der Waals surface area contributed by atoms with Gasteiger partial charge in [-0.3, -0.25) is 0 Å². The Bertz CT molecular complexity index is 324. The van der Waals surface area contributed by atoms with Crippen LogP contribution in [0.15, 0.2) is 18.2 Å². The molecule has 0 aromatic heterocycles. The molecule has 4 heteroatoms. The van der Waals surface area contributed by atoms with E-state index >= 15 is 0 Å². The van der Waals surface area contributed by atoms with Gasteiger partial charge in [-0.25, -0.2) is 8.78 Å². The van der Waals surface area contributed by atoms with Gasteiger partial charge < -0.3 is 5.32 Å². The number of rotatable bonds is 7. The third-order valence-electron chi connectivity index (χ3n) is 2.68. The Kier molecular flexibility index (Phi) is 6.45. The average Bonchev–Trinajstić information content (AvgIpc) is 2.31. The van der Waals surface area contributed by atoms with Crippen LogP contribution in [0.25, 0.3) is 0 Å². The molecule has 0 spiro atoms. The van der Waals surface area contributed by atoms with E-state index in [2.05, 4.69) is 12.2 Å². The van der Waals surface area contributed by atoms with Crippen LogP contribution in [0.2, 0.25) is 0 Å². The highest BCUT2D eigenvalue weighted by Crippen LogP contribution is 2.11. The van der Waals surface area contributed by atoms with E-state index in [9.17, 15) is 8.78 Å². The molecule has 0 amide bonds. The first-order chi connectivity index (χ1) is 8.15. The van der Waals surface area contributed by atoms with Crippen LogP contribution in [-0.2, 0) is 6.54 Å². The number of hydrogen-bond acceptors (Lipinski definition) is 1. The van der Waals surface area contributed by atoms with E-state index in [0.717, 1.165) is 19.4 Å². The lowest BCUT2D eigenvalue weighted by Gasteiger charge is -2.09. The molecule has 1 aromatic carbocycles. The first-order valence-electron chi connectivity index (χ1n) is 5.84. The summed E-state index contributed by atoms with van der Waals surface area (Å²) in [5.41, 5.74) is 0.109. The van der Waals surface area contributed by atoms with Crippen LogP contribution in [0, 0.1) is 17.6 Å². The van der Waals surface area contributed by atoms with Crippen LogP contribution in [0.5, 0.6) is 0 Å². The van der Waals surface area contributed by atoms with E-state index in [1.165, 1.54) is 18.2 Å². The molecule has 96 valence electrons. The van der Waals surface area contributed by atoms with E-state index < -0.39 is 11.6 Å². The first kappa shape index (κ1) is 14.4. The molecule has 0 heterocycles. The van der Waals surface area contributed by atoms with Crippen molar-refractivity contribution < 1.29 is 8.78 Å². The largest absolute Gasteiger partial charge is 0.312 e. The van der Waals surface area contributed by atoms with Crippen molar-refractivity contribution in [2.45, 2.75) is 26.3 Å². The van der Waals surface area contributed by atoms with Crippen LogP contribution < -0.4 is 5.32 Å². The smallest absolute Gasteiger partial charge is 0.130 e. The fraction of sp³-hybridized carbons (Fsp3) is 0.538. The van der Waals surface area contributed by atoms with Crippen molar-refractivity contribution in [3.05, 3.63) is 35.4 Å². The van der Waals surface area contributed by atoms with Gasteiger partial charge in [0.1, 0.15) is 11.6 Å². The van der Waals surface area contributed by atoms with Gasteiger partial charge in [0, 0.05) is 18.0 Å². The predicted molar refractivity (Wildman–Crippen MR) is 67.2 cm³/mol. The summed E-state index contributed by atoms with van der Waals surface area (Å²) in [6.07, 6.45) is 1.99. The fourth-order valence-electron chi connectivity index (χ4n) is 1.57. The van der Waals surface area contributed by atoms with Gasteiger partial charge in [-0.15, -0.1) is 11.6 Å². The zero-order valence-corrected chi connectivity index (χ0v) is 10.7. The molecule has 1 N–H and O–H groups in total. The molecule has 1 atom stereocenters. The van der Waals surface area contributed by atoms with Gasteiger partial charge in [0.2, 0.25) is 0 Å². The van der Waals surface area contributed by atoms with Gasteiger partial charge in [0.25, 0.3) is 0 Å². The Balaban J connectivity index is 2.27. The lowest BCUT2D eigenvalue weighted by atomic mass is 10.1. The Morgan fingerprint density at radius 2 is 1.94 bits per heavy atom. The summed E-state index contributed by atoms with van der Waals surface area (Å²) in [5, 5.41) is 3.04. The average molecular weight is 262 g/mol. The molecule has 0 bridgehead atoms. The molecule has 0 aliphatic heterocycles. The maximum absolute atomic E-state index is 13.2. The van der Waals surface area contributed by atoms with Crippen molar-refractivity contribution in [1.82, 2.24) is 5.32 Å². The molecule has 1 aromatic rings. The van der Waals surface area contributed by atoms with Crippen molar-refractivity contribution in [2.75, 3.05) is 12.4 Å². The standard InChI is InChI=1S/C13H18ClF2N/c1-10(8-14)4-3-7-17-9-11-12(15)5-2-6-13(11)16/h2,5-6,10,17H,3-4,7-9H2,1H3. The van der Waals surface area contributed by atoms with Gasteiger partial charge in [-0.2, -0.15) is 0 Å². The van der Waals surface area contributed by atoms with Crippen molar-refractivity contribution in [3.63, 3.8) is 0 Å². The monoisotopic (exact) mass is 261 g/mol. The summed E-state index contributed by atoms with van der Waals surface area (Å²) >= 11 is 5.68. The van der Waals surface area contributed by atoms with Crippen LogP contribution in [0.3, 0.4) is 0 Å². The second kappa shape index (κ2) is 7.62. The lowest BCUT2D eigenvalue weighted by Crippen LogP contribution is -2.17. The Morgan fingerprint density at radius 1 is 1.29 bits per heavy atom. The Hall–Kier alpha value is -0.670. The van der Waals surface area contributed by atoms with Gasteiger partial charge in [-0.05, 0) is 37.4 Å². The minimum absolute atomic E-state index is 0.109. The third-order valence-corrected chi connectivity index (χ3v) is 3.20. The molecular formula is C13H18ClF2N. The van der Waals surface area contributed by atoms with E-state index in [4.69, 9.17) is 11.6 Å². The van der Waals surface area contributed by atoms with Crippen molar-refractivity contribution in [1.29, 1.82) is 0 Å². The summed E-state index contributed by atoms with van der Waals surface area (Å²) in [5.74, 6) is 0.156. The molecule has 0 aliphatic rings. The van der Waals surface area contributed by atoms with E-state index in [1.807, 2.05) is 0 Å².